The Kier molecular flexibility index (Phi) is 6.36. The molecule has 1 N–H and O–H groups in total. The molecule has 3 aromatic carbocycles. The maximum Gasteiger partial charge on any atom is 0.255 e. The van der Waals surface area contributed by atoms with E-state index in [0.29, 0.717) is 25.1 Å². The second kappa shape index (κ2) is 9.36. The van der Waals surface area contributed by atoms with Crippen LogP contribution in [0.1, 0.15) is 34.0 Å². The summed E-state index contributed by atoms with van der Waals surface area (Å²) in [6, 6.07) is 22.6. The van der Waals surface area contributed by atoms with Crippen molar-refractivity contribution >= 4 is 11.8 Å². The maximum atomic E-state index is 13.5. The average Bonchev–Trinajstić information content (AvgIpc) is 2.85. The highest BCUT2D eigenvalue weighted by Crippen LogP contribution is 2.33. The molecule has 33 heavy (non-hydrogen) atoms. The van der Waals surface area contributed by atoms with Crippen LogP contribution in [-0.4, -0.2) is 36.5 Å². The molecule has 0 fully saturated rings. The van der Waals surface area contributed by atoms with Crippen LogP contribution in [0.3, 0.4) is 0 Å². The van der Waals surface area contributed by atoms with Crippen molar-refractivity contribution in [3.8, 4) is 11.5 Å². The second-order valence-corrected chi connectivity index (χ2v) is 8.38. The molecule has 170 valence electrons. The van der Waals surface area contributed by atoms with E-state index in [2.05, 4.69) is 5.32 Å². The Morgan fingerprint density at radius 3 is 2.09 bits per heavy atom. The molecule has 0 unspecified atom stereocenters. The van der Waals surface area contributed by atoms with Crippen molar-refractivity contribution in [3.05, 3.63) is 95.1 Å². The zero-order valence-electron chi connectivity index (χ0n) is 19.1. The van der Waals surface area contributed by atoms with Gasteiger partial charge in [-0.2, -0.15) is 0 Å². The van der Waals surface area contributed by atoms with Crippen molar-refractivity contribution < 1.29 is 19.1 Å². The summed E-state index contributed by atoms with van der Waals surface area (Å²) in [5.74, 6) is 1.18. The van der Waals surface area contributed by atoms with Crippen LogP contribution in [0.4, 0.5) is 0 Å². The summed E-state index contributed by atoms with van der Waals surface area (Å²) < 4.78 is 10.4. The molecule has 1 heterocycles. The molecule has 0 aromatic heterocycles. The average molecular weight is 445 g/mol. The first-order valence-electron chi connectivity index (χ1n) is 10.9. The monoisotopic (exact) mass is 444 g/mol. The van der Waals surface area contributed by atoms with E-state index in [1.54, 1.807) is 19.1 Å². The quantitative estimate of drug-likeness (QED) is 0.599. The van der Waals surface area contributed by atoms with Crippen LogP contribution in [0, 0.1) is 0 Å². The lowest BCUT2D eigenvalue weighted by molar-refractivity contribution is -0.132. The largest absolute Gasteiger partial charge is 0.497 e. The number of rotatable bonds is 7. The van der Waals surface area contributed by atoms with Gasteiger partial charge in [-0.05, 0) is 53.9 Å². The minimum atomic E-state index is -1.03. The van der Waals surface area contributed by atoms with Crippen molar-refractivity contribution in [3.63, 3.8) is 0 Å². The number of methoxy groups -OCH3 is 2. The van der Waals surface area contributed by atoms with Crippen LogP contribution in [0.5, 0.6) is 11.5 Å². The fourth-order valence-corrected chi connectivity index (χ4v) is 4.20. The first-order valence-corrected chi connectivity index (χ1v) is 10.9. The summed E-state index contributed by atoms with van der Waals surface area (Å²) in [5, 5.41) is 3.04. The summed E-state index contributed by atoms with van der Waals surface area (Å²) in [6.07, 6.45) is 0.444. The standard InChI is InChI=1S/C27H28N2O4/c1-27(26(31)28-17-19-8-12-22(32-2)13-9-19)16-21-6-4-5-7-24(21)25(30)29(27)18-20-10-14-23(33-3)15-11-20/h4-15H,16-18H2,1-3H3,(H,28,31)/t27-/m1/s1. The van der Waals surface area contributed by atoms with Crippen LogP contribution < -0.4 is 14.8 Å². The van der Waals surface area contributed by atoms with E-state index in [0.717, 1.165) is 28.2 Å². The normalized spacial score (nSPS) is 17.3. The highest BCUT2D eigenvalue weighted by molar-refractivity contribution is 6.02. The summed E-state index contributed by atoms with van der Waals surface area (Å²) in [5.41, 5.74) is 2.38. The van der Waals surface area contributed by atoms with Gasteiger partial charge in [0.25, 0.3) is 5.91 Å². The molecule has 1 aliphatic heterocycles. The minimum Gasteiger partial charge on any atom is -0.497 e. The molecule has 1 atom stereocenters. The topological polar surface area (TPSA) is 67.9 Å². The number of hydrogen-bond donors (Lipinski definition) is 1. The van der Waals surface area contributed by atoms with Crippen LogP contribution in [0.2, 0.25) is 0 Å². The number of ether oxygens (including phenoxy) is 2. The molecular formula is C27H28N2O4. The van der Waals surface area contributed by atoms with Crippen LogP contribution in [0.15, 0.2) is 72.8 Å². The van der Waals surface area contributed by atoms with E-state index < -0.39 is 5.54 Å². The number of benzene rings is 3. The van der Waals surface area contributed by atoms with Gasteiger partial charge in [-0.1, -0.05) is 42.5 Å². The van der Waals surface area contributed by atoms with Crippen molar-refractivity contribution in [2.45, 2.75) is 32.0 Å². The molecule has 0 saturated heterocycles. The Bertz CT molecular complexity index is 1140. The van der Waals surface area contributed by atoms with Gasteiger partial charge in [-0.25, -0.2) is 0 Å². The molecular weight excluding hydrogens is 416 g/mol. The molecule has 1 aliphatic rings. The van der Waals surface area contributed by atoms with Gasteiger partial charge in [0.2, 0.25) is 5.91 Å². The van der Waals surface area contributed by atoms with Gasteiger partial charge < -0.3 is 19.7 Å². The predicted molar refractivity (Wildman–Crippen MR) is 126 cm³/mol. The summed E-state index contributed by atoms with van der Waals surface area (Å²) >= 11 is 0. The number of hydrogen-bond acceptors (Lipinski definition) is 4. The van der Waals surface area contributed by atoms with Gasteiger partial charge >= 0.3 is 0 Å². The van der Waals surface area contributed by atoms with E-state index in [-0.39, 0.29) is 11.8 Å². The third kappa shape index (κ3) is 4.55. The number of nitrogens with zero attached hydrogens (tertiary/aromatic N) is 1. The van der Waals surface area contributed by atoms with Crippen molar-refractivity contribution in [1.82, 2.24) is 10.2 Å². The molecule has 0 bridgehead atoms. The number of carbonyl (C=O) groups is 2. The second-order valence-electron chi connectivity index (χ2n) is 8.38. The van der Waals surface area contributed by atoms with E-state index in [1.165, 1.54) is 0 Å². The van der Waals surface area contributed by atoms with Crippen LogP contribution in [-0.2, 0) is 24.3 Å². The number of carbonyl (C=O) groups excluding carboxylic acids is 2. The Morgan fingerprint density at radius 2 is 1.48 bits per heavy atom. The van der Waals surface area contributed by atoms with Gasteiger partial charge in [0.1, 0.15) is 17.0 Å². The van der Waals surface area contributed by atoms with Gasteiger partial charge in [0, 0.05) is 25.1 Å². The Hall–Kier alpha value is -3.80. The van der Waals surface area contributed by atoms with Gasteiger partial charge in [-0.15, -0.1) is 0 Å². The molecule has 3 aromatic rings. The van der Waals surface area contributed by atoms with E-state index in [4.69, 9.17) is 9.47 Å². The lowest BCUT2D eigenvalue weighted by atomic mass is 9.82. The van der Waals surface area contributed by atoms with E-state index in [9.17, 15) is 9.59 Å². The van der Waals surface area contributed by atoms with Crippen LogP contribution >= 0.6 is 0 Å². The third-order valence-corrected chi connectivity index (χ3v) is 6.22. The first kappa shape index (κ1) is 22.4. The Morgan fingerprint density at radius 1 is 0.909 bits per heavy atom. The smallest absolute Gasteiger partial charge is 0.255 e. The summed E-state index contributed by atoms with van der Waals surface area (Å²) in [7, 11) is 3.23. The van der Waals surface area contributed by atoms with E-state index in [1.807, 2.05) is 79.7 Å². The van der Waals surface area contributed by atoms with Gasteiger partial charge in [0.05, 0.1) is 14.2 Å². The predicted octanol–water partition coefficient (Wildman–Crippen LogP) is 3.98. The lowest BCUT2D eigenvalue weighted by Crippen LogP contribution is -2.62. The fraction of sp³-hybridized carbons (Fsp3) is 0.259. The van der Waals surface area contributed by atoms with Gasteiger partial charge in [0.15, 0.2) is 0 Å². The molecule has 4 rings (SSSR count). The molecule has 6 nitrogen and oxygen atoms in total. The zero-order valence-corrected chi connectivity index (χ0v) is 19.1. The van der Waals surface area contributed by atoms with Crippen molar-refractivity contribution in [2.75, 3.05) is 14.2 Å². The molecule has 0 spiro atoms. The number of amides is 2. The first-order chi connectivity index (χ1) is 15.9. The van der Waals surface area contributed by atoms with Gasteiger partial charge in [-0.3, -0.25) is 9.59 Å². The Balaban J connectivity index is 1.60. The Labute approximate surface area is 194 Å². The molecule has 6 heteroatoms. The number of nitrogens with one attached hydrogen (secondary N) is 1. The van der Waals surface area contributed by atoms with Crippen molar-refractivity contribution in [1.29, 1.82) is 0 Å². The summed E-state index contributed by atoms with van der Waals surface area (Å²) in [6.45, 7) is 2.53. The van der Waals surface area contributed by atoms with E-state index >= 15 is 0 Å². The molecule has 0 radical (unpaired) electrons. The highest BCUT2D eigenvalue weighted by atomic mass is 16.5. The molecule has 2 amide bonds. The lowest BCUT2D eigenvalue weighted by Gasteiger charge is -2.44. The summed E-state index contributed by atoms with van der Waals surface area (Å²) in [4.78, 5) is 28.7. The highest BCUT2D eigenvalue weighted by Gasteiger charge is 2.46. The SMILES string of the molecule is COc1ccc(CNC(=O)[C@@]2(C)Cc3ccccc3C(=O)N2Cc2ccc(OC)cc2)cc1. The molecule has 0 saturated carbocycles. The maximum absolute atomic E-state index is 13.5. The van der Waals surface area contributed by atoms with Crippen LogP contribution in [0.25, 0.3) is 0 Å². The van der Waals surface area contributed by atoms with Crippen molar-refractivity contribution in [2.24, 2.45) is 0 Å². The molecule has 0 aliphatic carbocycles. The number of fused-ring (bicyclic) bond motifs is 1. The zero-order chi connectivity index (χ0) is 23.4. The third-order valence-electron chi connectivity index (χ3n) is 6.22. The fourth-order valence-electron chi connectivity index (χ4n) is 4.20. The minimum absolute atomic E-state index is 0.144.